The van der Waals surface area contributed by atoms with E-state index in [1.165, 1.54) is 12.8 Å². The number of ether oxygens (including phenoxy) is 1. The number of hydrogen-bond donors (Lipinski definition) is 1. The summed E-state index contributed by atoms with van der Waals surface area (Å²) in [7, 11) is 0. The van der Waals surface area contributed by atoms with Gasteiger partial charge in [-0.25, -0.2) is 0 Å². The van der Waals surface area contributed by atoms with Gasteiger partial charge in [-0.3, -0.25) is 9.69 Å². The predicted molar refractivity (Wildman–Crippen MR) is 81.0 cm³/mol. The first-order valence-corrected chi connectivity index (χ1v) is 7.70. The second kappa shape index (κ2) is 6.45. The molecule has 1 aliphatic carbocycles. The van der Waals surface area contributed by atoms with Crippen molar-refractivity contribution in [1.82, 2.24) is 9.80 Å². The van der Waals surface area contributed by atoms with Crippen molar-refractivity contribution < 1.29 is 9.53 Å². The Kier molecular flexibility index (Phi) is 4.41. The fourth-order valence-corrected chi connectivity index (χ4v) is 2.73. The van der Waals surface area contributed by atoms with E-state index in [0.29, 0.717) is 6.54 Å². The number of nitrogens with two attached hydrogens (primary N) is 1. The molecular weight excluding hydrogens is 266 g/mol. The number of amides is 1. The number of benzene rings is 1. The summed E-state index contributed by atoms with van der Waals surface area (Å²) in [5, 5.41) is 0. The van der Waals surface area contributed by atoms with Gasteiger partial charge < -0.3 is 15.4 Å². The molecule has 1 saturated heterocycles. The van der Waals surface area contributed by atoms with E-state index in [2.05, 4.69) is 4.90 Å². The molecular formula is C16H23N3O2. The number of carbonyl (C=O) groups excluding carboxylic acids is 1. The maximum Gasteiger partial charge on any atom is 0.260 e. The highest BCUT2D eigenvalue weighted by atomic mass is 16.5. The molecule has 1 aliphatic heterocycles. The zero-order chi connectivity index (χ0) is 14.7. The van der Waals surface area contributed by atoms with E-state index >= 15 is 0 Å². The minimum atomic E-state index is 0.0772. The van der Waals surface area contributed by atoms with Gasteiger partial charge in [0.15, 0.2) is 6.61 Å². The van der Waals surface area contributed by atoms with Crippen LogP contribution in [0, 0.1) is 0 Å². The molecule has 1 saturated carbocycles. The summed E-state index contributed by atoms with van der Waals surface area (Å²) in [6.07, 6.45) is 2.66. The fraction of sp³-hybridized carbons (Fsp3) is 0.562. The third kappa shape index (κ3) is 3.74. The number of nitrogens with zero attached hydrogens (tertiary/aromatic N) is 2. The molecule has 0 aromatic heterocycles. The van der Waals surface area contributed by atoms with Crippen LogP contribution in [-0.4, -0.2) is 54.5 Å². The quantitative estimate of drug-likeness (QED) is 0.872. The zero-order valence-corrected chi connectivity index (χ0v) is 12.3. The molecule has 2 aliphatic rings. The van der Waals surface area contributed by atoms with E-state index < -0.39 is 0 Å². The molecule has 0 atom stereocenters. The molecule has 0 bridgehead atoms. The fourth-order valence-electron chi connectivity index (χ4n) is 2.73. The van der Waals surface area contributed by atoms with Crippen LogP contribution in [0.4, 0.5) is 0 Å². The molecule has 0 unspecified atom stereocenters. The van der Waals surface area contributed by atoms with Gasteiger partial charge in [-0.2, -0.15) is 0 Å². The second-order valence-electron chi connectivity index (χ2n) is 5.78. The van der Waals surface area contributed by atoms with Gasteiger partial charge in [0, 0.05) is 38.8 Å². The van der Waals surface area contributed by atoms with Gasteiger partial charge in [0.25, 0.3) is 5.91 Å². The molecule has 2 fully saturated rings. The van der Waals surface area contributed by atoms with Crippen LogP contribution in [0.15, 0.2) is 24.3 Å². The Balaban J connectivity index is 1.43. The molecule has 1 aromatic carbocycles. The van der Waals surface area contributed by atoms with Gasteiger partial charge in [0.2, 0.25) is 0 Å². The molecule has 0 radical (unpaired) electrons. The van der Waals surface area contributed by atoms with E-state index in [1.807, 2.05) is 29.2 Å². The van der Waals surface area contributed by atoms with Crippen LogP contribution < -0.4 is 10.5 Å². The summed E-state index contributed by atoms with van der Waals surface area (Å²) in [5.74, 6) is 0.797. The van der Waals surface area contributed by atoms with Crippen molar-refractivity contribution in [1.29, 1.82) is 0 Å². The molecule has 21 heavy (non-hydrogen) atoms. The SMILES string of the molecule is NCc1ccc(OCC(=O)N2CCN(C3CC3)CC2)cc1. The Bertz CT molecular complexity index is 477. The van der Waals surface area contributed by atoms with Crippen LogP contribution >= 0.6 is 0 Å². The number of rotatable bonds is 5. The maximum absolute atomic E-state index is 12.1. The predicted octanol–water partition coefficient (Wildman–Crippen LogP) is 0.831. The van der Waals surface area contributed by atoms with Crippen molar-refractivity contribution in [2.45, 2.75) is 25.4 Å². The third-order valence-electron chi connectivity index (χ3n) is 4.25. The summed E-state index contributed by atoms with van der Waals surface area (Å²) >= 11 is 0. The highest BCUT2D eigenvalue weighted by molar-refractivity contribution is 5.77. The van der Waals surface area contributed by atoms with Crippen molar-refractivity contribution in [2.75, 3.05) is 32.8 Å². The van der Waals surface area contributed by atoms with Crippen molar-refractivity contribution >= 4 is 5.91 Å². The zero-order valence-electron chi connectivity index (χ0n) is 12.3. The monoisotopic (exact) mass is 289 g/mol. The van der Waals surface area contributed by atoms with Crippen molar-refractivity contribution in [2.24, 2.45) is 5.73 Å². The van der Waals surface area contributed by atoms with Gasteiger partial charge in [0.05, 0.1) is 0 Å². The lowest BCUT2D eigenvalue weighted by Gasteiger charge is -2.34. The Morgan fingerprint density at radius 2 is 1.81 bits per heavy atom. The first-order chi connectivity index (χ1) is 10.3. The lowest BCUT2D eigenvalue weighted by atomic mass is 10.2. The molecule has 3 rings (SSSR count). The maximum atomic E-state index is 12.1. The minimum Gasteiger partial charge on any atom is -0.484 e. The summed E-state index contributed by atoms with van der Waals surface area (Å²) in [6.45, 7) is 4.29. The molecule has 5 heteroatoms. The van der Waals surface area contributed by atoms with E-state index in [-0.39, 0.29) is 12.5 Å². The number of hydrogen-bond acceptors (Lipinski definition) is 4. The van der Waals surface area contributed by atoms with E-state index in [9.17, 15) is 4.79 Å². The topological polar surface area (TPSA) is 58.8 Å². The van der Waals surface area contributed by atoms with E-state index in [0.717, 1.165) is 43.5 Å². The summed E-state index contributed by atoms with van der Waals surface area (Å²) in [5.41, 5.74) is 6.61. The average Bonchev–Trinajstić information content (AvgIpc) is 3.38. The molecule has 2 N–H and O–H groups in total. The smallest absolute Gasteiger partial charge is 0.260 e. The lowest BCUT2D eigenvalue weighted by Crippen LogP contribution is -2.50. The normalized spacial score (nSPS) is 19.6. The average molecular weight is 289 g/mol. The molecule has 1 amide bonds. The van der Waals surface area contributed by atoms with Gasteiger partial charge in [-0.05, 0) is 30.5 Å². The Morgan fingerprint density at radius 3 is 2.38 bits per heavy atom. The first-order valence-electron chi connectivity index (χ1n) is 7.70. The van der Waals surface area contributed by atoms with Gasteiger partial charge in [-0.15, -0.1) is 0 Å². The lowest BCUT2D eigenvalue weighted by molar-refractivity contribution is -0.135. The summed E-state index contributed by atoms with van der Waals surface area (Å²) in [4.78, 5) is 16.6. The van der Waals surface area contributed by atoms with E-state index in [4.69, 9.17) is 10.5 Å². The Hall–Kier alpha value is -1.59. The van der Waals surface area contributed by atoms with Crippen LogP contribution in [0.1, 0.15) is 18.4 Å². The second-order valence-corrected chi connectivity index (χ2v) is 5.78. The molecule has 0 spiro atoms. The van der Waals surface area contributed by atoms with Crippen LogP contribution in [0.2, 0.25) is 0 Å². The Morgan fingerprint density at radius 1 is 1.14 bits per heavy atom. The third-order valence-corrected chi connectivity index (χ3v) is 4.25. The number of carbonyl (C=O) groups is 1. The highest BCUT2D eigenvalue weighted by Gasteiger charge is 2.32. The summed E-state index contributed by atoms with van der Waals surface area (Å²) in [6, 6.07) is 8.36. The van der Waals surface area contributed by atoms with Crippen LogP contribution in [0.5, 0.6) is 5.75 Å². The van der Waals surface area contributed by atoms with Gasteiger partial charge in [0.1, 0.15) is 5.75 Å². The largest absolute Gasteiger partial charge is 0.484 e. The van der Waals surface area contributed by atoms with Gasteiger partial charge in [-0.1, -0.05) is 12.1 Å². The van der Waals surface area contributed by atoms with Crippen LogP contribution in [-0.2, 0) is 11.3 Å². The molecule has 1 aromatic rings. The first kappa shape index (κ1) is 14.4. The molecule has 114 valence electrons. The van der Waals surface area contributed by atoms with Crippen LogP contribution in [0.3, 0.4) is 0 Å². The molecule has 1 heterocycles. The standard InChI is InChI=1S/C16H23N3O2/c17-11-13-1-5-15(6-2-13)21-12-16(20)19-9-7-18(8-10-19)14-3-4-14/h1-2,5-6,14H,3-4,7-12,17H2. The number of piperazine rings is 1. The van der Waals surface area contributed by atoms with Crippen molar-refractivity contribution in [3.63, 3.8) is 0 Å². The molecule has 5 nitrogen and oxygen atoms in total. The van der Waals surface area contributed by atoms with E-state index in [1.54, 1.807) is 0 Å². The van der Waals surface area contributed by atoms with Crippen molar-refractivity contribution in [3.8, 4) is 5.75 Å². The minimum absolute atomic E-state index is 0.0772. The van der Waals surface area contributed by atoms with Crippen molar-refractivity contribution in [3.05, 3.63) is 29.8 Å². The summed E-state index contributed by atoms with van der Waals surface area (Å²) < 4.78 is 5.56. The van der Waals surface area contributed by atoms with Gasteiger partial charge >= 0.3 is 0 Å². The van der Waals surface area contributed by atoms with Crippen LogP contribution in [0.25, 0.3) is 0 Å². The highest BCUT2D eigenvalue weighted by Crippen LogP contribution is 2.27. The Labute approximate surface area is 125 Å².